The van der Waals surface area contributed by atoms with Crippen molar-refractivity contribution < 1.29 is 9.53 Å². The van der Waals surface area contributed by atoms with Gasteiger partial charge in [-0.1, -0.05) is 30.3 Å². The van der Waals surface area contributed by atoms with Crippen LogP contribution >= 0.6 is 11.6 Å². The molecule has 0 saturated carbocycles. The predicted octanol–water partition coefficient (Wildman–Crippen LogP) is 2.56. The summed E-state index contributed by atoms with van der Waals surface area (Å²) in [6.07, 6.45) is 1.60. The second kappa shape index (κ2) is 5.60. The molecule has 1 aromatic heterocycles. The number of benzene rings is 1. The number of hydrogen-bond acceptors (Lipinski definition) is 4. The Kier molecular flexibility index (Phi) is 3.89. The molecule has 0 amide bonds. The molecule has 0 radical (unpaired) electrons. The lowest BCUT2D eigenvalue weighted by Gasteiger charge is -2.06. The smallest absolute Gasteiger partial charge is 0.222 e. The summed E-state index contributed by atoms with van der Waals surface area (Å²) in [4.78, 5) is 19.9. The molecule has 0 unspecified atom stereocenters. The van der Waals surface area contributed by atoms with Crippen molar-refractivity contribution >= 4 is 17.4 Å². The van der Waals surface area contributed by atoms with E-state index in [1.54, 1.807) is 12.1 Å². The molecule has 0 N–H and O–H groups in total. The molecule has 0 bridgehead atoms. The van der Waals surface area contributed by atoms with Gasteiger partial charge in [0.2, 0.25) is 5.28 Å². The Bertz CT molecular complexity index is 558. The van der Waals surface area contributed by atoms with E-state index in [0.717, 1.165) is 0 Å². The third kappa shape index (κ3) is 2.84. The van der Waals surface area contributed by atoms with Crippen LogP contribution in [-0.4, -0.2) is 22.9 Å². The van der Waals surface area contributed by atoms with Gasteiger partial charge in [0.25, 0.3) is 0 Å². The van der Waals surface area contributed by atoms with E-state index in [1.165, 1.54) is 13.3 Å². The first-order valence-electron chi connectivity index (χ1n) is 5.34. The first kappa shape index (κ1) is 12.5. The number of ketones is 1. The highest BCUT2D eigenvalue weighted by Gasteiger charge is 2.13. The number of rotatable bonds is 4. The van der Waals surface area contributed by atoms with Gasteiger partial charge in [-0.2, -0.15) is 0 Å². The van der Waals surface area contributed by atoms with E-state index in [0.29, 0.717) is 17.0 Å². The maximum atomic E-state index is 12.0. The van der Waals surface area contributed by atoms with Gasteiger partial charge in [-0.15, -0.1) is 0 Å². The first-order valence-corrected chi connectivity index (χ1v) is 5.72. The molecular weight excluding hydrogens is 252 g/mol. The fraction of sp³-hybridized carbons (Fsp3) is 0.154. The average molecular weight is 263 g/mol. The molecule has 0 fully saturated rings. The molecule has 0 aliphatic rings. The summed E-state index contributed by atoms with van der Waals surface area (Å²) in [6.45, 7) is 0. The highest BCUT2D eigenvalue weighted by molar-refractivity contribution is 6.28. The van der Waals surface area contributed by atoms with Crippen LogP contribution < -0.4 is 4.74 Å². The van der Waals surface area contributed by atoms with Gasteiger partial charge in [-0.3, -0.25) is 4.79 Å². The molecule has 0 atom stereocenters. The molecule has 18 heavy (non-hydrogen) atoms. The monoisotopic (exact) mass is 262 g/mol. The molecule has 4 nitrogen and oxygen atoms in total. The second-order valence-electron chi connectivity index (χ2n) is 3.62. The zero-order valence-corrected chi connectivity index (χ0v) is 10.5. The molecule has 1 aromatic carbocycles. The van der Waals surface area contributed by atoms with Gasteiger partial charge in [0, 0.05) is 5.56 Å². The van der Waals surface area contributed by atoms with Crippen molar-refractivity contribution in [1.29, 1.82) is 0 Å². The third-order valence-electron chi connectivity index (χ3n) is 2.44. The molecule has 0 spiro atoms. The van der Waals surface area contributed by atoms with Crippen LogP contribution in [0.15, 0.2) is 36.5 Å². The topological polar surface area (TPSA) is 52.1 Å². The van der Waals surface area contributed by atoms with E-state index in [-0.39, 0.29) is 17.5 Å². The van der Waals surface area contributed by atoms with E-state index in [4.69, 9.17) is 16.3 Å². The zero-order valence-electron chi connectivity index (χ0n) is 9.76. The molecule has 2 aromatic rings. The fourth-order valence-electron chi connectivity index (χ4n) is 1.56. The number of nitrogens with zero attached hydrogens (tertiary/aromatic N) is 2. The number of carbonyl (C=O) groups is 1. The SMILES string of the molecule is COc1cnc(Cl)nc1CC(=O)c1ccccc1. The Morgan fingerprint density at radius 3 is 2.72 bits per heavy atom. The van der Waals surface area contributed by atoms with Crippen molar-refractivity contribution in [3.8, 4) is 5.75 Å². The Morgan fingerprint density at radius 1 is 1.33 bits per heavy atom. The molecule has 2 rings (SSSR count). The van der Waals surface area contributed by atoms with Crippen LogP contribution in [0.25, 0.3) is 0 Å². The third-order valence-corrected chi connectivity index (χ3v) is 2.63. The number of aromatic nitrogens is 2. The predicted molar refractivity (Wildman–Crippen MR) is 68.1 cm³/mol. The van der Waals surface area contributed by atoms with Gasteiger partial charge < -0.3 is 4.74 Å². The maximum absolute atomic E-state index is 12.0. The minimum absolute atomic E-state index is 0.0383. The van der Waals surface area contributed by atoms with Crippen molar-refractivity contribution in [3.63, 3.8) is 0 Å². The van der Waals surface area contributed by atoms with Crippen molar-refractivity contribution in [2.45, 2.75) is 6.42 Å². The molecule has 92 valence electrons. The standard InChI is InChI=1S/C13H11ClN2O2/c1-18-12-8-15-13(14)16-10(12)7-11(17)9-5-3-2-4-6-9/h2-6,8H,7H2,1H3. The normalized spacial score (nSPS) is 10.1. The Hall–Kier alpha value is -1.94. The minimum atomic E-state index is -0.0383. The van der Waals surface area contributed by atoms with Crippen LogP contribution in [0.4, 0.5) is 0 Å². The van der Waals surface area contributed by atoms with Crippen LogP contribution in [0.3, 0.4) is 0 Å². The second-order valence-corrected chi connectivity index (χ2v) is 3.96. The first-order chi connectivity index (χ1) is 8.70. The van der Waals surface area contributed by atoms with Crippen LogP contribution in [0.5, 0.6) is 5.75 Å². The largest absolute Gasteiger partial charge is 0.493 e. The highest BCUT2D eigenvalue weighted by atomic mass is 35.5. The van der Waals surface area contributed by atoms with Gasteiger partial charge in [-0.25, -0.2) is 9.97 Å². The molecular formula is C13H11ClN2O2. The van der Waals surface area contributed by atoms with Gasteiger partial charge >= 0.3 is 0 Å². The van der Waals surface area contributed by atoms with Crippen molar-refractivity contribution in [2.75, 3.05) is 7.11 Å². The molecule has 0 aliphatic heterocycles. The quantitative estimate of drug-likeness (QED) is 0.628. The summed E-state index contributed by atoms with van der Waals surface area (Å²) < 4.78 is 5.10. The van der Waals surface area contributed by atoms with Crippen LogP contribution in [0, 0.1) is 0 Å². The molecule has 0 saturated heterocycles. The van der Waals surface area contributed by atoms with Crippen molar-refractivity contribution in [2.24, 2.45) is 0 Å². The number of halogens is 1. The number of ether oxygens (including phenoxy) is 1. The number of hydrogen-bond donors (Lipinski definition) is 0. The lowest BCUT2D eigenvalue weighted by Crippen LogP contribution is -2.07. The van der Waals surface area contributed by atoms with E-state index in [1.807, 2.05) is 18.2 Å². The Morgan fingerprint density at radius 2 is 2.06 bits per heavy atom. The van der Waals surface area contributed by atoms with Crippen LogP contribution in [0.2, 0.25) is 5.28 Å². The Labute approximate surface area is 110 Å². The van der Waals surface area contributed by atoms with E-state index < -0.39 is 0 Å². The average Bonchev–Trinajstić information content (AvgIpc) is 2.40. The summed E-state index contributed by atoms with van der Waals surface area (Å²) in [5.74, 6) is 0.423. The Balaban J connectivity index is 2.24. The lowest BCUT2D eigenvalue weighted by molar-refractivity contribution is 0.0991. The summed E-state index contributed by atoms with van der Waals surface area (Å²) in [5, 5.41) is 0.103. The van der Waals surface area contributed by atoms with Crippen molar-refractivity contribution in [1.82, 2.24) is 9.97 Å². The number of methoxy groups -OCH3 is 1. The van der Waals surface area contributed by atoms with Crippen LogP contribution in [0.1, 0.15) is 16.1 Å². The molecule has 0 aliphatic carbocycles. The van der Waals surface area contributed by atoms with E-state index in [9.17, 15) is 4.79 Å². The van der Waals surface area contributed by atoms with Gasteiger partial charge in [-0.05, 0) is 11.6 Å². The van der Waals surface area contributed by atoms with Crippen LogP contribution in [-0.2, 0) is 6.42 Å². The van der Waals surface area contributed by atoms with Gasteiger partial charge in [0.15, 0.2) is 11.5 Å². The summed E-state index contributed by atoms with van der Waals surface area (Å²) in [7, 11) is 1.50. The summed E-state index contributed by atoms with van der Waals surface area (Å²) in [5.41, 5.74) is 1.13. The maximum Gasteiger partial charge on any atom is 0.222 e. The zero-order chi connectivity index (χ0) is 13.0. The van der Waals surface area contributed by atoms with E-state index >= 15 is 0 Å². The molecule has 1 heterocycles. The summed E-state index contributed by atoms with van der Waals surface area (Å²) >= 11 is 5.71. The highest BCUT2D eigenvalue weighted by Crippen LogP contribution is 2.18. The van der Waals surface area contributed by atoms with Crippen molar-refractivity contribution in [3.05, 3.63) is 53.1 Å². The molecule has 5 heteroatoms. The minimum Gasteiger partial charge on any atom is -0.493 e. The summed E-state index contributed by atoms with van der Waals surface area (Å²) in [6, 6.07) is 9.02. The number of Topliss-reactive ketones (excluding diaryl/α,β-unsaturated/α-hetero) is 1. The lowest BCUT2D eigenvalue weighted by atomic mass is 10.1. The fourth-order valence-corrected chi connectivity index (χ4v) is 1.71. The van der Waals surface area contributed by atoms with E-state index in [2.05, 4.69) is 9.97 Å². The van der Waals surface area contributed by atoms with Gasteiger partial charge in [0.05, 0.1) is 25.4 Å². The number of carbonyl (C=O) groups excluding carboxylic acids is 1. The van der Waals surface area contributed by atoms with Gasteiger partial charge in [0.1, 0.15) is 0 Å².